The molecule has 1 aromatic rings. The van der Waals surface area contributed by atoms with Crippen molar-refractivity contribution in [1.82, 2.24) is 5.32 Å². The van der Waals surface area contributed by atoms with E-state index in [4.69, 9.17) is 11.2 Å². The van der Waals surface area contributed by atoms with Crippen LogP contribution in [0.15, 0.2) is 16.6 Å². The van der Waals surface area contributed by atoms with E-state index in [0.29, 0.717) is 18.0 Å². The van der Waals surface area contributed by atoms with Gasteiger partial charge in [0.2, 0.25) is 5.91 Å². The molecule has 0 aliphatic rings. The lowest BCUT2D eigenvalue weighted by Crippen LogP contribution is -2.28. The number of amides is 1. The van der Waals surface area contributed by atoms with Gasteiger partial charge in [-0.15, -0.1) is 6.42 Å². The minimum Gasteiger partial charge on any atom is -0.495 e. The van der Waals surface area contributed by atoms with E-state index in [1.165, 1.54) is 0 Å². The molecule has 1 rings (SSSR count). The Hall–Kier alpha value is -1.51. The lowest BCUT2D eigenvalue weighted by Gasteiger charge is -2.13. The van der Waals surface area contributed by atoms with Gasteiger partial charge in [0.25, 0.3) is 0 Å². The van der Waals surface area contributed by atoms with E-state index in [2.05, 4.69) is 32.5 Å². The third-order valence-corrected chi connectivity index (χ3v) is 2.72. The first-order valence-electron chi connectivity index (χ1n) is 5.36. The van der Waals surface area contributed by atoms with Gasteiger partial charge in [-0.05, 0) is 24.6 Å². The van der Waals surface area contributed by atoms with Crippen LogP contribution in [-0.2, 0) is 4.79 Å². The molecule has 0 heterocycles. The first kappa shape index (κ1) is 14.6. The SMILES string of the molecule is C#CCNCC(=O)Nc1c(C)cc(Br)cc1OC. The van der Waals surface area contributed by atoms with Crippen LogP contribution in [-0.4, -0.2) is 26.1 Å². The lowest BCUT2D eigenvalue weighted by atomic mass is 10.2. The molecular weight excluding hydrogens is 296 g/mol. The molecule has 0 spiro atoms. The number of hydrogen-bond donors (Lipinski definition) is 2. The molecular formula is C13H15BrN2O2. The maximum Gasteiger partial charge on any atom is 0.238 e. The summed E-state index contributed by atoms with van der Waals surface area (Å²) < 4.78 is 6.14. The molecule has 1 amide bonds. The number of rotatable bonds is 5. The Kier molecular flexibility index (Phi) is 5.69. The van der Waals surface area contributed by atoms with Gasteiger partial charge < -0.3 is 10.1 Å². The molecule has 0 unspecified atom stereocenters. The Morgan fingerprint density at radius 2 is 2.28 bits per heavy atom. The van der Waals surface area contributed by atoms with Gasteiger partial charge in [-0.2, -0.15) is 0 Å². The smallest absolute Gasteiger partial charge is 0.238 e. The predicted octanol–water partition coefficient (Wildman–Crippen LogP) is 1.93. The zero-order valence-electron chi connectivity index (χ0n) is 10.3. The highest BCUT2D eigenvalue weighted by Crippen LogP contribution is 2.31. The monoisotopic (exact) mass is 310 g/mol. The number of ether oxygens (including phenoxy) is 1. The number of aryl methyl sites for hydroxylation is 1. The molecule has 0 saturated heterocycles. The largest absolute Gasteiger partial charge is 0.495 e. The fourth-order valence-corrected chi connectivity index (χ4v) is 2.02. The zero-order valence-corrected chi connectivity index (χ0v) is 11.9. The standard InChI is InChI=1S/C13H15BrN2O2/c1-4-5-15-8-12(17)16-13-9(2)6-10(14)7-11(13)18-3/h1,6-7,15H,5,8H2,2-3H3,(H,16,17). The third kappa shape index (κ3) is 4.06. The maximum atomic E-state index is 11.7. The number of halogens is 1. The van der Waals surface area contributed by atoms with E-state index < -0.39 is 0 Å². The number of benzene rings is 1. The number of terminal acetylenes is 1. The van der Waals surface area contributed by atoms with Crippen LogP contribution in [0.5, 0.6) is 5.75 Å². The highest BCUT2D eigenvalue weighted by molar-refractivity contribution is 9.10. The minimum absolute atomic E-state index is 0.158. The highest BCUT2D eigenvalue weighted by atomic mass is 79.9. The Labute approximate surface area is 115 Å². The number of carbonyl (C=O) groups excluding carboxylic acids is 1. The van der Waals surface area contributed by atoms with Crippen LogP contribution < -0.4 is 15.4 Å². The minimum atomic E-state index is -0.158. The summed E-state index contributed by atoms with van der Waals surface area (Å²) in [7, 11) is 1.56. The fourth-order valence-electron chi connectivity index (χ4n) is 1.47. The molecule has 0 aromatic heterocycles. The van der Waals surface area contributed by atoms with Crippen molar-refractivity contribution in [2.45, 2.75) is 6.92 Å². The number of nitrogens with one attached hydrogen (secondary N) is 2. The van der Waals surface area contributed by atoms with Crippen molar-refractivity contribution >= 4 is 27.5 Å². The van der Waals surface area contributed by atoms with Gasteiger partial charge in [0, 0.05) is 4.47 Å². The van der Waals surface area contributed by atoms with E-state index in [1.54, 1.807) is 13.2 Å². The Bertz CT molecular complexity index is 481. The zero-order chi connectivity index (χ0) is 13.5. The van der Waals surface area contributed by atoms with Crippen LogP contribution in [0.2, 0.25) is 0 Å². The van der Waals surface area contributed by atoms with Crippen molar-refractivity contribution in [3.63, 3.8) is 0 Å². The molecule has 0 atom stereocenters. The van der Waals surface area contributed by atoms with Gasteiger partial charge in [-0.3, -0.25) is 10.1 Å². The van der Waals surface area contributed by atoms with Crippen molar-refractivity contribution in [2.75, 3.05) is 25.5 Å². The second-order valence-electron chi connectivity index (χ2n) is 3.66. The molecule has 96 valence electrons. The molecule has 0 radical (unpaired) electrons. The first-order valence-corrected chi connectivity index (χ1v) is 6.16. The second-order valence-corrected chi connectivity index (χ2v) is 4.57. The van der Waals surface area contributed by atoms with Crippen LogP contribution in [0.25, 0.3) is 0 Å². The summed E-state index contributed by atoms with van der Waals surface area (Å²) in [5.74, 6) is 2.87. The van der Waals surface area contributed by atoms with Crippen LogP contribution in [0.4, 0.5) is 5.69 Å². The van der Waals surface area contributed by atoms with Gasteiger partial charge in [0.05, 0.1) is 25.9 Å². The lowest BCUT2D eigenvalue weighted by molar-refractivity contribution is -0.115. The topological polar surface area (TPSA) is 50.4 Å². The summed E-state index contributed by atoms with van der Waals surface area (Å²) in [5.41, 5.74) is 1.60. The van der Waals surface area contributed by atoms with Gasteiger partial charge in [-0.1, -0.05) is 21.9 Å². The summed E-state index contributed by atoms with van der Waals surface area (Å²) >= 11 is 3.38. The summed E-state index contributed by atoms with van der Waals surface area (Å²) in [6.07, 6.45) is 5.08. The van der Waals surface area contributed by atoms with Crippen LogP contribution in [0.1, 0.15) is 5.56 Å². The van der Waals surface area contributed by atoms with Gasteiger partial charge in [0.1, 0.15) is 5.75 Å². The number of carbonyl (C=O) groups is 1. The van der Waals surface area contributed by atoms with E-state index in [1.807, 2.05) is 13.0 Å². The third-order valence-electron chi connectivity index (χ3n) is 2.26. The quantitative estimate of drug-likeness (QED) is 0.645. The first-order chi connectivity index (χ1) is 8.58. The van der Waals surface area contributed by atoms with Gasteiger partial charge in [-0.25, -0.2) is 0 Å². The number of anilines is 1. The summed E-state index contributed by atoms with van der Waals surface area (Å²) in [6, 6.07) is 3.71. The molecule has 4 nitrogen and oxygen atoms in total. The van der Waals surface area contributed by atoms with E-state index in [9.17, 15) is 4.79 Å². The highest BCUT2D eigenvalue weighted by Gasteiger charge is 2.11. The predicted molar refractivity (Wildman–Crippen MR) is 75.8 cm³/mol. The molecule has 0 bridgehead atoms. The molecule has 0 fully saturated rings. The van der Waals surface area contributed by atoms with Crippen molar-refractivity contribution in [3.8, 4) is 18.1 Å². The van der Waals surface area contributed by atoms with Crippen LogP contribution in [0, 0.1) is 19.3 Å². The molecule has 5 heteroatoms. The van der Waals surface area contributed by atoms with Crippen molar-refractivity contribution in [1.29, 1.82) is 0 Å². The van der Waals surface area contributed by atoms with Crippen molar-refractivity contribution in [3.05, 3.63) is 22.2 Å². The molecule has 0 aliphatic heterocycles. The average molecular weight is 311 g/mol. The Balaban J connectivity index is 2.78. The van der Waals surface area contributed by atoms with Crippen LogP contribution >= 0.6 is 15.9 Å². The second kappa shape index (κ2) is 7.04. The fraction of sp³-hybridized carbons (Fsp3) is 0.308. The Morgan fingerprint density at radius 1 is 1.56 bits per heavy atom. The van der Waals surface area contributed by atoms with E-state index in [-0.39, 0.29) is 12.5 Å². The Morgan fingerprint density at radius 3 is 2.89 bits per heavy atom. The summed E-state index contributed by atoms with van der Waals surface area (Å²) in [4.78, 5) is 11.7. The molecule has 2 N–H and O–H groups in total. The van der Waals surface area contributed by atoms with E-state index >= 15 is 0 Å². The molecule has 1 aromatic carbocycles. The van der Waals surface area contributed by atoms with Crippen molar-refractivity contribution < 1.29 is 9.53 Å². The van der Waals surface area contributed by atoms with Crippen molar-refractivity contribution in [2.24, 2.45) is 0 Å². The van der Waals surface area contributed by atoms with E-state index in [0.717, 1.165) is 10.0 Å². The van der Waals surface area contributed by atoms with Gasteiger partial charge >= 0.3 is 0 Å². The number of hydrogen-bond acceptors (Lipinski definition) is 3. The number of methoxy groups -OCH3 is 1. The normalized spacial score (nSPS) is 9.67. The molecule has 0 aliphatic carbocycles. The van der Waals surface area contributed by atoms with Gasteiger partial charge in [0.15, 0.2) is 0 Å². The summed E-state index contributed by atoms with van der Waals surface area (Å²) in [5, 5.41) is 5.63. The summed E-state index contributed by atoms with van der Waals surface area (Å²) in [6.45, 7) is 2.44. The molecule has 18 heavy (non-hydrogen) atoms. The molecule has 0 saturated carbocycles. The average Bonchev–Trinajstić information content (AvgIpc) is 2.32. The maximum absolute atomic E-state index is 11.7. The van der Waals surface area contributed by atoms with Crippen LogP contribution in [0.3, 0.4) is 0 Å².